The number of carbonyl (C=O) groups is 1. The number of rotatable bonds is 3. The molecule has 0 bridgehead atoms. The Morgan fingerprint density at radius 2 is 1.88 bits per heavy atom. The highest BCUT2D eigenvalue weighted by molar-refractivity contribution is 9.10. The molecule has 140 valence electrons. The Bertz CT molecular complexity index is 748. The molecule has 1 aromatic heterocycles. The van der Waals surface area contributed by atoms with Crippen LogP contribution in [-0.4, -0.2) is 42.0 Å². The van der Waals surface area contributed by atoms with E-state index < -0.39 is 0 Å². The van der Waals surface area contributed by atoms with E-state index in [1.54, 1.807) is 18.3 Å². The lowest BCUT2D eigenvalue weighted by atomic mass is 10.0. The van der Waals surface area contributed by atoms with Crippen molar-refractivity contribution in [3.8, 4) is 11.6 Å². The molecule has 2 saturated heterocycles. The molecule has 1 N–H and O–H groups in total. The molecule has 0 unspecified atom stereocenters. The summed E-state index contributed by atoms with van der Waals surface area (Å²) in [6.07, 6.45) is 1.60. The SMILES string of the molecule is Cl.Cl.O=C(c1ccc(Oc2cccc(Br)c2)nc1)N1C[C@H]2CNC[C@H]2C1. The van der Waals surface area contributed by atoms with Crippen LogP contribution in [0.15, 0.2) is 47.1 Å². The largest absolute Gasteiger partial charge is 0.439 e. The minimum atomic E-state index is 0. The van der Waals surface area contributed by atoms with Gasteiger partial charge in [0.05, 0.1) is 5.56 Å². The van der Waals surface area contributed by atoms with Gasteiger partial charge in [0.1, 0.15) is 5.75 Å². The fraction of sp³-hybridized carbons (Fsp3) is 0.333. The molecular formula is C18H20BrCl2N3O2. The van der Waals surface area contributed by atoms with Crippen LogP contribution in [0.4, 0.5) is 0 Å². The normalized spacial score (nSPS) is 20.7. The summed E-state index contributed by atoms with van der Waals surface area (Å²) in [5, 5.41) is 3.39. The highest BCUT2D eigenvalue weighted by Gasteiger charge is 2.38. The average Bonchev–Trinajstić information content (AvgIpc) is 3.16. The maximum Gasteiger partial charge on any atom is 0.255 e. The fourth-order valence-corrected chi connectivity index (χ4v) is 3.80. The monoisotopic (exact) mass is 459 g/mol. The minimum absolute atomic E-state index is 0. The summed E-state index contributed by atoms with van der Waals surface area (Å²) in [6.45, 7) is 3.72. The summed E-state index contributed by atoms with van der Waals surface area (Å²) in [5.74, 6) is 2.44. The topological polar surface area (TPSA) is 54.5 Å². The molecule has 26 heavy (non-hydrogen) atoms. The van der Waals surface area contributed by atoms with E-state index in [1.807, 2.05) is 29.2 Å². The molecular weight excluding hydrogens is 441 g/mol. The molecule has 1 amide bonds. The van der Waals surface area contributed by atoms with E-state index in [2.05, 4.69) is 26.2 Å². The van der Waals surface area contributed by atoms with Gasteiger partial charge in [0, 0.05) is 42.9 Å². The zero-order chi connectivity index (χ0) is 16.5. The Labute approximate surface area is 173 Å². The van der Waals surface area contributed by atoms with Gasteiger partial charge in [0.15, 0.2) is 0 Å². The van der Waals surface area contributed by atoms with Crippen LogP contribution in [0.5, 0.6) is 11.6 Å². The van der Waals surface area contributed by atoms with Gasteiger partial charge in [-0.05, 0) is 36.1 Å². The molecule has 0 radical (unpaired) electrons. The first-order valence-corrected chi connectivity index (χ1v) is 8.88. The molecule has 0 saturated carbocycles. The number of pyridine rings is 1. The number of nitrogens with zero attached hydrogens (tertiary/aromatic N) is 2. The average molecular weight is 461 g/mol. The second-order valence-corrected chi connectivity index (χ2v) is 7.25. The number of carbonyl (C=O) groups excluding carboxylic acids is 1. The number of nitrogens with one attached hydrogen (secondary N) is 1. The molecule has 0 spiro atoms. The van der Waals surface area contributed by atoms with Crippen molar-refractivity contribution in [1.29, 1.82) is 0 Å². The summed E-state index contributed by atoms with van der Waals surface area (Å²) in [5.41, 5.74) is 0.615. The van der Waals surface area contributed by atoms with Crippen LogP contribution in [0.2, 0.25) is 0 Å². The maximum absolute atomic E-state index is 12.6. The Morgan fingerprint density at radius 3 is 2.50 bits per heavy atom. The number of fused-ring (bicyclic) bond motifs is 1. The van der Waals surface area contributed by atoms with Crippen LogP contribution in [0.1, 0.15) is 10.4 Å². The van der Waals surface area contributed by atoms with Gasteiger partial charge >= 0.3 is 0 Å². The van der Waals surface area contributed by atoms with Gasteiger partial charge < -0.3 is 15.0 Å². The highest BCUT2D eigenvalue weighted by atomic mass is 79.9. The summed E-state index contributed by atoms with van der Waals surface area (Å²) in [4.78, 5) is 18.8. The minimum Gasteiger partial charge on any atom is -0.439 e. The first-order valence-electron chi connectivity index (χ1n) is 8.08. The number of aromatic nitrogens is 1. The number of hydrogen-bond acceptors (Lipinski definition) is 4. The zero-order valence-corrected chi connectivity index (χ0v) is 17.1. The van der Waals surface area contributed by atoms with Gasteiger partial charge in [-0.25, -0.2) is 4.98 Å². The smallest absolute Gasteiger partial charge is 0.255 e. The molecule has 2 aromatic rings. The Hall–Kier alpha value is -1.34. The summed E-state index contributed by atoms with van der Waals surface area (Å²) in [6, 6.07) is 11.1. The van der Waals surface area contributed by atoms with Gasteiger partial charge in [-0.1, -0.05) is 22.0 Å². The van der Waals surface area contributed by atoms with Crippen molar-refractivity contribution in [2.75, 3.05) is 26.2 Å². The van der Waals surface area contributed by atoms with E-state index in [0.717, 1.165) is 30.7 Å². The molecule has 2 fully saturated rings. The van der Waals surface area contributed by atoms with Gasteiger partial charge in [-0.3, -0.25) is 4.79 Å². The van der Waals surface area contributed by atoms with Crippen molar-refractivity contribution in [2.24, 2.45) is 11.8 Å². The fourth-order valence-electron chi connectivity index (χ4n) is 3.42. The standard InChI is InChI=1S/C18H18BrN3O2.2ClH/c19-15-2-1-3-16(6-15)24-17-5-4-12(9-21-17)18(23)22-10-13-7-20-8-14(13)11-22;;/h1-6,9,13-14,20H,7-8,10-11H2;2*1H/t13-,14+;;. The van der Waals surface area contributed by atoms with Crippen molar-refractivity contribution in [3.05, 3.63) is 52.6 Å². The third-order valence-electron chi connectivity index (χ3n) is 4.68. The zero-order valence-electron chi connectivity index (χ0n) is 13.9. The van der Waals surface area contributed by atoms with Crippen LogP contribution in [0.3, 0.4) is 0 Å². The summed E-state index contributed by atoms with van der Waals surface area (Å²) < 4.78 is 6.65. The van der Waals surface area contributed by atoms with Crippen molar-refractivity contribution in [3.63, 3.8) is 0 Å². The summed E-state index contributed by atoms with van der Waals surface area (Å²) >= 11 is 3.41. The van der Waals surface area contributed by atoms with Gasteiger partial charge in [-0.2, -0.15) is 0 Å². The van der Waals surface area contributed by atoms with Crippen LogP contribution in [0.25, 0.3) is 0 Å². The molecule has 8 heteroatoms. The van der Waals surface area contributed by atoms with E-state index in [0.29, 0.717) is 29.0 Å². The maximum atomic E-state index is 12.6. The molecule has 1 aromatic carbocycles. The quantitative estimate of drug-likeness (QED) is 0.757. The Balaban J connectivity index is 0.00000121. The number of hydrogen-bond donors (Lipinski definition) is 1. The van der Waals surface area contributed by atoms with Crippen LogP contribution < -0.4 is 10.1 Å². The molecule has 2 atom stereocenters. The molecule has 0 aliphatic carbocycles. The molecule has 2 aliphatic rings. The van der Waals surface area contributed by atoms with Crippen molar-refractivity contribution in [1.82, 2.24) is 15.2 Å². The lowest BCUT2D eigenvalue weighted by molar-refractivity contribution is 0.0781. The number of benzene rings is 1. The second kappa shape index (κ2) is 9.04. The van der Waals surface area contributed by atoms with Crippen molar-refractivity contribution < 1.29 is 9.53 Å². The molecule has 2 aliphatic heterocycles. The first kappa shape index (κ1) is 21.0. The van der Waals surface area contributed by atoms with Crippen LogP contribution in [0, 0.1) is 11.8 Å². The van der Waals surface area contributed by atoms with Gasteiger partial charge in [-0.15, -0.1) is 24.8 Å². The summed E-state index contributed by atoms with van der Waals surface area (Å²) in [7, 11) is 0. The predicted octanol–water partition coefficient (Wildman–Crippen LogP) is 3.77. The molecule has 5 nitrogen and oxygen atoms in total. The second-order valence-electron chi connectivity index (χ2n) is 6.33. The molecule has 3 heterocycles. The number of amides is 1. The Morgan fingerprint density at radius 1 is 1.15 bits per heavy atom. The molecule has 4 rings (SSSR count). The lowest BCUT2D eigenvalue weighted by Crippen LogP contribution is -2.31. The Kier molecular flexibility index (Phi) is 7.29. The third kappa shape index (κ3) is 4.49. The van der Waals surface area contributed by atoms with Gasteiger partial charge in [0.25, 0.3) is 5.91 Å². The first-order chi connectivity index (χ1) is 11.7. The lowest BCUT2D eigenvalue weighted by Gasteiger charge is -2.17. The van der Waals surface area contributed by atoms with E-state index in [1.165, 1.54) is 0 Å². The van der Waals surface area contributed by atoms with E-state index in [-0.39, 0.29) is 30.7 Å². The van der Waals surface area contributed by atoms with E-state index in [4.69, 9.17) is 4.74 Å². The predicted molar refractivity (Wildman–Crippen MR) is 109 cm³/mol. The number of likely N-dealkylation sites (tertiary alicyclic amines) is 1. The number of ether oxygens (including phenoxy) is 1. The highest BCUT2D eigenvalue weighted by Crippen LogP contribution is 2.28. The van der Waals surface area contributed by atoms with Crippen molar-refractivity contribution in [2.45, 2.75) is 0 Å². The van der Waals surface area contributed by atoms with Crippen molar-refractivity contribution >= 4 is 46.7 Å². The van der Waals surface area contributed by atoms with Gasteiger partial charge in [0.2, 0.25) is 5.88 Å². The van der Waals surface area contributed by atoms with E-state index in [9.17, 15) is 4.79 Å². The number of halogens is 3. The van der Waals surface area contributed by atoms with E-state index >= 15 is 0 Å². The third-order valence-corrected chi connectivity index (χ3v) is 5.17. The van der Waals surface area contributed by atoms with Crippen LogP contribution >= 0.6 is 40.7 Å². The van der Waals surface area contributed by atoms with Crippen LogP contribution in [-0.2, 0) is 0 Å².